The normalized spacial score (nSPS) is 14.7. The molecule has 6 aromatic rings. The maximum Gasteiger partial charge on any atom is 0.490 e. The Hall–Kier alpha value is -7.67. The fourth-order valence-corrected chi connectivity index (χ4v) is 21.6. The number of carbonyl (C=O) groups is 10. The van der Waals surface area contributed by atoms with Crippen LogP contribution in [0.3, 0.4) is 0 Å². The van der Waals surface area contributed by atoms with Gasteiger partial charge in [0.25, 0.3) is 17.1 Å². The lowest BCUT2D eigenvalue weighted by molar-refractivity contribution is -0.192. The summed E-state index contributed by atoms with van der Waals surface area (Å²) in [4.78, 5) is 134. The molecule has 0 spiro atoms. The number of nitrogens with one attached hydrogen (secondary N) is 1. The third-order valence-electron chi connectivity index (χ3n) is 21.2. The molecule has 0 saturated heterocycles. The Kier molecular flexibility index (Phi) is 46.8. The van der Waals surface area contributed by atoms with Crippen LogP contribution in [0.4, 0.5) is 37.1 Å². The van der Waals surface area contributed by atoms with Crippen LogP contribution < -0.4 is 11.1 Å². The second kappa shape index (κ2) is 55.1. The molecular formula is C99H130Cl5F3N8O17S5. The number of ether oxygens (including phenoxy) is 6. The van der Waals surface area contributed by atoms with Crippen LogP contribution in [-0.2, 0) is 107 Å². The molecule has 0 aliphatic carbocycles. The second-order valence-electron chi connectivity index (χ2n) is 36.6. The molecular weight excluding hydrogens is 1970 g/mol. The lowest BCUT2D eigenvalue weighted by Gasteiger charge is -2.26. The smallest absolute Gasteiger partial charge is 0.475 e. The molecule has 754 valence electrons. The van der Waals surface area contributed by atoms with Crippen LogP contribution in [0.15, 0.2) is 109 Å². The number of amides is 7. The number of fused-ring (bicyclic) bond motifs is 6. The Morgan fingerprint density at radius 2 is 0.693 bits per heavy atom. The van der Waals surface area contributed by atoms with E-state index in [4.69, 9.17) is 102 Å². The molecule has 25 nitrogen and oxygen atoms in total. The number of halogens is 8. The number of thioether (sulfide) groups is 5. The zero-order valence-corrected chi connectivity index (χ0v) is 88.9. The van der Waals surface area contributed by atoms with Crippen molar-refractivity contribution in [2.24, 2.45) is 5.73 Å². The number of hydrogen-bond donors (Lipinski definition) is 3. The summed E-state index contributed by atoms with van der Waals surface area (Å²) in [6.45, 7) is 34.8. The number of carbonyl (C=O) groups excluding carboxylic acids is 9. The van der Waals surface area contributed by atoms with Gasteiger partial charge in [-0.15, -0.1) is 47.0 Å². The molecule has 6 aliphatic heterocycles. The van der Waals surface area contributed by atoms with E-state index in [1.807, 2.05) is 139 Å². The molecule has 0 fully saturated rings. The van der Waals surface area contributed by atoms with Crippen molar-refractivity contribution in [3.8, 4) is 0 Å². The molecule has 6 aromatic carbocycles. The van der Waals surface area contributed by atoms with Gasteiger partial charge in [-0.2, -0.15) is 13.2 Å². The lowest BCUT2D eigenvalue weighted by Crippen LogP contribution is -2.38. The number of nitrogens with two attached hydrogens (primary N) is 1. The van der Waals surface area contributed by atoms with E-state index >= 15 is 0 Å². The largest absolute Gasteiger partial charge is 0.490 e. The van der Waals surface area contributed by atoms with Crippen LogP contribution in [-0.4, -0.2) is 251 Å². The van der Waals surface area contributed by atoms with Crippen LogP contribution in [0.1, 0.15) is 199 Å². The first-order valence-electron chi connectivity index (χ1n) is 45.7. The first-order chi connectivity index (χ1) is 64.4. The molecule has 0 aromatic heterocycles. The highest BCUT2D eigenvalue weighted by molar-refractivity contribution is 8.13. The van der Waals surface area contributed by atoms with Gasteiger partial charge in [-0.3, -0.25) is 28.9 Å². The number of nitrogens with zero attached hydrogens (tertiary/aromatic N) is 6. The molecule has 0 unspecified atom stereocenters. The Morgan fingerprint density at radius 3 is 0.993 bits per heavy atom. The molecule has 6 aliphatic rings. The monoisotopic (exact) mass is 2090 g/mol. The van der Waals surface area contributed by atoms with Crippen LogP contribution in [0, 0.1) is 0 Å². The van der Waals surface area contributed by atoms with Crippen LogP contribution in [0.2, 0.25) is 25.1 Å². The maximum absolute atomic E-state index is 12.6. The van der Waals surface area contributed by atoms with E-state index in [2.05, 4.69) is 23.5 Å². The number of carboxylic acid groups (broad SMARTS) is 1. The first-order valence-corrected chi connectivity index (χ1v) is 52.4. The third kappa shape index (κ3) is 37.9. The Balaban J connectivity index is 0.000000231. The van der Waals surface area contributed by atoms with Crippen molar-refractivity contribution in [2.45, 2.75) is 240 Å². The van der Waals surface area contributed by atoms with Crippen molar-refractivity contribution in [2.75, 3.05) is 129 Å². The van der Waals surface area contributed by atoms with E-state index in [9.17, 15) is 56.3 Å². The predicted molar refractivity (Wildman–Crippen MR) is 543 cm³/mol. The van der Waals surface area contributed by atoms with Crippen molar-refractivity contribution in [3.05, 3.63) is 177 Å². The number of carboxylic acids is 1. The average Bonchev–Trinajstić information content (AvgIpc) is 1.63. The van der Waals surface area contributed by atoms with Crippen LogP contribution >= 0.6 is 117 Å². The molecule has 0 atom stereocenters. The van der Waals surface area contributed by atoms with Gasteiger partial charge in [-0.05, 0) is 308 Å². The van der Waals surface area contributed by atoms with Gasteiger partial charge in [0.2, 0.25) is 0 Å². The van der Waals surface area contributed by atoms with Crippen molar-refractivity contribution < 1.29 is 94.6 Å². The molecule has 4 N–H and O–H groups in total. The molecule has 7 amide bonds. The van der Waals surface area contributed by atoms with E-state index < -0.39 is 34.5 Å². The number of esters is 2. The summed E-state index contributed by atoms with van der Waals surface area (Å²) < 4.78 is 63.7. The topological polar surface area (TPSA) is 304 Å². The highest BCUT2D eigenvalue weighted by atomic mass is 35.5. The summed E-state index contributed by atoms with van der Waals surface area (Å²) in [7, 11) is 3.43. The summed E-state index contributed by atoms with van der Waals surface area (Å²) >= 11 is 39.9. The molecule has 0 saturated carbocycles. The second-order valence-corrected chi connectivity index (χ2v) is 44.0. The van der Waals surface area contributed by atoms with Crippen molar-refractivity contribution in [1.82, 2.24) is 34.7 Å². The zero-order chi connectivity index (χ0) is 101. The van der Waals surface area contributed by atoms with Gasteiger partial charge in [-0.1, -0.05) is 100 Å². The Morgan fingerprint density at radius 1 is 0.416 bits per heavy atom. The molecule has 38 heteroatoms. The molecule has 0 bridgehead atoms. The minimum absolute atomic E-state index is 0.0662. The van der Waals surface area contributed by atoms with Crippen molar-refractivity contribution in [1.29, 1.82) is 0 Å². The number of aliphatic carboxylic acids is 1. The molecule has 12 rings (SSSR count). The molecule has 0 radical (unpaired) electrons. The summed E-state index contributed by atoms with van der Waals surface area (Å²) in [5.74, 6) is -0.456. The zero-order valence-electron chi connectivity index (χ0n) is 81.0. The quantitative estimate of drug-likeness (QED) is 0.0210. The number of alkyl halides is 3. The van der Waals surface area contributed by atoms with Crippen LogP contribution in [0.5, 0.6) is 0 Å². The summed E-state index contributed by atoms with van der Waals surface area (Å²) in [6.07, 6.45) is 4.24. The minimum Gasteiger partial charge on any atom is -0.475 e. The van der Waals surface area contributed by atoms with E-state index in [1.54, 1.807) is 105 Å². The Labute approximate surface area is 850 Å². The molecule has 137 heavy (non-hydrogen) atoms. The average molecular weight is 2100 g/mol. The number of rotatable bonds is 20. The highest BCUT2D eigenvalue weighted by Gasteiger charge is 2.39. The van der Waals surface area contributed by atoms with Gasteiger partial charge in [0, 0.05) is 128 Å². The van der Waals surface area contributed by atoms with Gasteiger partial charge in [0.15, 0.2) is 0 Å². The summed E-state index contributed by atoms with van der Waals surface area (Å²) in [6, 6.07) is 26.8. The van der Waals surface area contributed by atoms with Gasteiger partial charge in [0.1, 0.15) is 22.4 Å². The third-order valence-corrected chi connectivity index (χ3v) is 29.3. The Bertz CT molecular complexity index is 5140. The fourth-order valence-electron chi connectivity index (χ4n) is 14.8. The van der Waals surface area contributed by atoms with Gasteiger partial charge in [0.05, 0.1) is 49.5 Å². The summed E-state index contributed by atoms with van der Waals surface area (Å²) in [5, 5.41) is 14.0. The highest BCUT2D eigenvalue weighted by Crippen LogP contribution is 2.42. The first kappa shape index (κ1) is 116. The summed E-state index contributed by atoms with van der Waals surface area (Å²) in [5.41, 5.74) is 16.7. The minimum atomic E-state index is -5.08. The molecule has 6 heterocycles. The maximum atomic E-state index is 12.6. The van der Waals surface area contributed by atoms with Gasteiger partial charge < -0.3 is 69.1 Å². The van der Waals surface area contributed by atoms with Crippen molar-refractivity contribution >= 4 is 176 Å². The van der Waals surface area contributed by atoms with Gasteiger partial charge >= 0.3 is 48.5 Å². The predicted octanol–water partition coefficient (Wildman–Crippen LogP) is 22.4. The van der Waals surface area contributed by atoms with E-state index in [0.29, 0.717) is 131 Å². The standard InChI is InChI=1S/C25H27ClN2O4S.C21H30ClNO4S.C18H25ClN2O3S.C17H25ClN2O2S.C16H22ClNO2S.C2HF3O2/c1-25(2,3)32-24(31)27-12-10-16-8-9-20(26)21(17(16)11-13-27)33-15-14-28-22(29)18-6-4-5-7-19(18)23(28)30;1-5-26-18(24)7-6-14-28-19-16-11-13-23(20(25)27-21(2,3)4)12-10-15(16)8-9-17(19)22;1-18(2,3)24-16(22)21-10-8-12-6-7-14(19)15(13(12)9-11-21)25-17(23)20(4)5;1-17(2,3)22-16(21)20-9-6-12-4-5-14(18)15(23-11-8-19)13(12)7-10-20;1-2-20-15(19)4-3-11-21-16-13-8-10-18-9-7-12(13)5-6-14(16)17;3-2(4,5)1(6)7/h4-9H,10-15H2,1-3H3;8-9H,5-7,10-14H2,1-4H3;6-7H,8-11H2,1-5H3;4-5H,6-11,19H2,1-3H3;5-6,18H,2-4,7-11H2,1H3;(H,6,7). The van der Waals surface area contributed by atoms with E-state index in [0.717, 1.165) is 163 Å². The number of imide groups is 1. The van der Waals surface area contributed by atoms with E-state index in [-0.39, 0.29) is 53.4 Å². The SMILES string of the molecule is CC(C)(C)OC(=O)N1CCc2ccc(Cl)c(SCCN)c2CC1.CC(C)(C)OC(=O)N1CCc2ccc(Cl)c(SCCN3C(=O)c4ccccc4C3=O)c2CC1.CCOC(=O)CCCSc1c(Cl)ccc2c1CCN(C(=O)OC(C)(C)C)CC2.CCOC(=O)CCCSc1c(Cl)ccc2c1CCNCC2.CN(C)C(=O)Sc1c(Cl)ccc2c1CCN(C(=O)OC(C)(C)C)CC2.O=C(O)C(F)(F)F. The number of hydrogen-bond acceptors (Lipinski definition) is 23. The lowest BCUT2D eigenvalue weighted by atomic mass is 10.0. The van der Waals surface area contributed by atoms with E-state index in [1.165, 1.54) is 48.1 Å². The van der Waals surface area contributed by atoms with Crippen LogP contribution in [0.25, 0.3) is 0 Å². The van der Waals surface area contributed by atoms with Gasteiger partial charge in [-0.25, -0.2) is 24.0 Å². The number of benzene rings is 6. The fraction of sp³-hybridized carbons (Fsp3) is 0.535. The van der Waals surface area contributed by atoms with Crippen molar-refractivity contribution in [3.63, 3.8) is 0 Å².